The van der Waals surface area contributed by atoms with E-state index in [9.17, 15) is 4.79 Å². The maximum Gasteiger partial charge on any atom is 0.257 e. The second kappa shape index (κ2) is 12.9. The van der Waals surface area contributed by atoms with Gasteiger partial charge >= 0.3 is 0 Å². The van der Waals surface area contributed by atoms with Gasteiger partial charge in [0.05, 0.1) is 12.2 Å². The number of amides is 1. The molecule has 1 aromatic rings. The van der Waals surface area contributed by atoms with Gasteiger partial charge in [0.2, 0.25) is 0 Å². The molecule has 0 unspecified atom stereocenters. The number of carbonyl (C=O) groups is 1. The van der Waals surface area contributed by atoms with Gasteiger partial charge in [0.25, 0.3) is 5.91 Å². The third-order valence-corrected chi connectivity index (χ3v) is 4.27. The van der Waals surface area contributed by atoms with Crippen LogP contribution in [0.4, 0.5) is 0 Å². The van der Waals surface area contributed by atoms with E-state index in [0.717, 1.165) is 25.9 Å². The van der Waals surface area contributed by atoms with Gasteiger partial charge in [-0.15, -0.1) is 0 Å². The van der Waals surface area contributed by atoms with Crippen LogP contribution in [0.5, 0.6) is 5.75 Å². The molecule has 24 heavy (non-hydrogen) atoms. The van der Waals surface area contributed by atoms with E-state index in [4.69, 9.17) is 4.74 Å². The summed E-state index contributed by atoms with van der Waals surface area (Å²) in [5, 5.41) is 0. The molecule has 1 amide bonds. The number of nitrogens with zero attached hydrogens (tertiary/aromatic N) is 1. The Morgan fingerprint density at radius 1 is 0.875 bits per heavy atom. The third-order valence-electron chi connectivity index (χ3n) is 4.27. The van der Waals surface area contributed by atoms with Crippen molar-refractivity contribution in [1.82, 2.24) is 4.90 Å². The summed E-state index contributed by atoms with van der Waals surface area (Å²) in [4.78, 5) is 15.0. The van der Waals surface area contributed by atoms with Crippen LogP contribution >= 0.6 is 0 Å². The quantitative estimate of drug-likeness (QED) is 0.434. The molecule has 0 aliphatic carbocycles. The molecule has 0 bridgehead atoms. The van der Waals surface area contributed by atoms with Gasteiger partial charge in [-0.25, -0.2) is 0 Å². The van der Waals surface area contributed by atoms with Crippen molar-refractivity contribution in [1.29, 1.82) is 0 Å². The van der Waals surface area contributed by atoms with Crippen molar-refractivity contribution in [3.8, 4) is 5.75 Å². The van der Waals surface area contributed by atoms with E-state index >= 15 is 0 Å². The van der Waals surface area contributed by atoms with Gasteiger partial charge in [-0.2, -0.15) is 0 Å². The summed E-state index contributed by atoms with van der Waals surface area (Å²) in [7, 11) is 0. The number of ether oxygens (including phenoxy) is 1. The smallest absolute Gasteiger partial charge is 0.257 e. The Labute approximate surface area is 148 Å². The van der Waals surface area contributed by atoms with Crippen LogP contribution < -0.4 is 4.74 Å². The van der Waals surface area contributed by atoms with Crippen molar-refractivity contribution < 1.29 is 9.53 Å². The molecule has 3 heteroatoms. The van der Waals surface area contributed by atoms with Crippen LogP contribution in [0.25, 0.3) is 0 Å². The SMILES string of the molecule is CCCCCCN(CCCCCC)C(=O)c1ccccc1OCC. The minimum absolute atomic E-state index is 0.118. The molecule has 3 nitrogen and oxygen atoms in total. The Kier molecular flexibility index (Phi) is 11.0. The predicted octanol–water partition coefficient (Wildman–Crippen LogP) is 5.69. The Morgan fingerprint density at radius 3 is 2.00 bits per heavy atom. The first-order valence-electron chi connectivity index (χ1n) is 9.75. The third kappa shape index (κ3) is 7.37. The van der Waals surface area contributed by atoms with Gasteiger partial charge in [-0.05, 0) is 31.9 Å². The molecule has 0 aromatic heterocycles. The minimum Gasteiger partial charge on any atom is -0.493 e. The first kappa shape index (κ1) is 20.5. The van der Waals surface area contributed by atoms with E-state index in [1.165, 1.54) is 38.5 Å². The van der Waals surface area contributed by atoms with E-state index in [1.807, 2.05) is 36.1 Å². The van der Waals surface area contributed by atoms with Crippen LogP contribution in [0.2, 0.25) is 0 Å². The zero-order valence-electron chi connectivity index (χ0n) is 15.9. The van der Waals surface area contributed by atoms with Crippen LogP contribution in [0, 0.1) is 0 Å². The molecule has 0 fully saturated rings. The van der Waals surface area contributed by atoms with Crippen LogP contribution in [0.1, 0.15) is 82.5 Å². The highest BCUT2D eigenvalue weighted by atomic mass is 16.5. The minimum atomic E-state index is 0.118. The average Bonchev–Trinajstić information content (AvgIpc) is 2.60. The van der Waals surface area contributed by atoms with Crippen molar-refractivity contribution in [3.63, 3.8) is 0 Å². The van der Waals surface area contributed by atoms with Crippen molar-refractivity contribution >= 4 is 5.91 Å². The molecule has 0 N–H and O–H groups in total. The fourth-order valence-electron chi connectivity index (χ4n) is 2.87. The number of unbranched alkanes of at least 4 members (excludes halogenated alkanes) is 6. The largest absolute Gasteiger partial charge is 0.493 e. The van der Waals surface area contributed by atoms with Crippen LogP contribution in [-0.4, -0.2) is 30.5 Å². The highest BCUT2D eigenvalue weighted by Crippen LogP contribution is 2.21. The summed E-state index contributed by atoms with van der Waals surface area (Å²) in [6.45, 7) is 8.67. The summed E-state index contributed by atoms with van der Waals surface area (Å²) in [5.74, 6) is 0.823. The van der Waals surface area contributed by atoms with E-state index in [1.54, 1.807) is 0 Å². The maximum absolute atomic E-state index is 13.0. The van der Waals surface area contributed by atoms with Crippen molar-refractivity contribution in [2.75, 3.05) is 19.7 Å². The number of para-hydroxylation sites is 1. The maximum atomic E-state index is 13.0. The number of rotatable bonds is 13. The van der Waals surface area contributed by atoms with Gasteiger partial charge < -0.3 is 9.64 Å². The van der Waals surface area contributed by atoms with Gasteiger partial charge in [0, 0.05) is 13.1 Å². The Bertz CT molecular complexity index is 447. The molecule has 0 aliphatic rings. The normalized spacial score (nSPS) is 10.6. The second-order valence-electron chi connectivity index (χ2n) is 6.34. The molecule has 0 spiro atoms. The van der Waals surface area contributed by atoms with Crippen molar-refractivity contribution in [3.05, 3.63) is 29.8 Å². The van der Waals surface area contributed by atoms with Crippen molar-refractivity contribution in [2.24, 2.45) is 0 Å². The lowest BCUT2D eigenvalue weighted by molar-refractivity contribution is 0.0745. The second-order valence-corrected chi connectivity index (χ2v) is 6.34. The van der Waals surface area contributed by atoms with Crippen molar-refractivity contribution in [2.45, 2.75) is 72.1 Å². The predicted molar refractivity (Wildman–Crippen MR) is 102 cm³/mol. The van der Waals surface area contributed by atoms with Crippen LogP contribution in [0.15, 0.2) is 24.3 Å². The molecule has 0 aliphatic heterocycles. The lowest BCUT2D eigenvalue weighted by Gasteiger charge is -2.24. The summed E-state index contributed by atoms with van der Waals surface area (Å²) >= 11 is 0. The number of carbonyl (C=O) groups excluding carboxylic acids is 1. The fourth-order valence-corrected chi connectivity index (χ4v) is 2.87. The Balaban J connectivity index is 2.73. The lowest BCUT2D eigenvalue weighted by Crippen LogP contribution is -2.33. The van der Waals surface area contributed by atoms with E-state index in [-0.39, 0.29) is 5.91 Å². The summed E-state index contributed by atoms with van der Waals surface area (Å²) < 4.78 is 5.65. The van der Waals surface area contributed by atoms with Gasteiger partial charge in [0.1, 0.15) is 5.75 Å². The fraction of sp³-hybridized carbons (Fsp3) is 0.667. The Hall–Kier alpha value is -1.51. The monoisotopic (exact) mass is 333 g/mol. The summed E-state index contributed by atoms with van der Waals surface area (Å²) in [6, 6.07) is 7.62. The summed E-state index contributed by atoms with van der Waals surface area (Å²) in [6.07, 6.45) is 9.50. The van der Waals surface area contributed by atoms with E-state index in [2.05, 4.69) is 13.8 Å². The van der Waals surface area contributed by atoms with Gasteiger partial charge in [-0.1, -0.05) is 64.5 Å². The molecule has 1 rings (SSSR count). The van der Waals surface area contributed by atoms with Crippen LogP contribution in [0.3, 0.4) is 0 Å². The number of hydrogen-bond donors (Lipinski definition) is 0. The van der Waals surface area contributed by atoms with Gasteiger partial charge in [-0.3, -0.25) is 4.79 Å². The zero-order chi connectivity index (χ0) is 17.6. The highest BCUT2D eigenvalue weighted by molar-refractivity contribution is 5.96. The lowest BCUT2D eigenvalue weighted by atomic mass is 10.1. The van der Waals surface area contributed by atoms with E-state index < -0.39 is 0 Å². The first-order valence-corrected chi connectivity index (χ1v) is 9.75. The molecular weight excluding hydrogens is 298 g/mol. The highest BCUT2D eigenvalue weighted by Gasteiger charge is 2.18. The molecular formula is C21H35NO2. The first-order chi connectivity index (χ1) is 11.7. The van der Waals surface area contributed by atoms with E-state index in [0.29, 0.717) is 17.9 Å². The molecule has 136 valence electrons. The molecule has 0 saturated carbocycles. The molecule has 0 radical (unpaired) electrons. The molecule has 1 aromatic carbocycles. The average molecular weight is 334 g/mol. The molecule has 0 atom stereocenters. The Morgan fingerprint density at radius 2 is 1.46 bits per heavy atom. The van der Waals surface area contributed by atoms with Crippen LogP contribution in [-0.2, 0) is 0 Å². The molecule has 0 heterocycles. The topological polar surface area (TPSA) is 29.5 Å². The summed E-state index contributed by atoms with van der Waals surface area (Å²) in [5.41, 5.74) is 0.699. The molecule has 0 saturated heterocycles. The standard InChI is InChI=1S/C21H35NO2/c1-4-7-9-13-17-22(18-14-10-8-5-2)21(23)19-15-11-12-16-20(19)24-6-3/h11-12,15-16H,4-10,13-14,17-18H2,1-3H3. The zero-order valence-corrected chi connectivity index (χ0v) is 15.9. The number of benzene rings is 1. The number of hydrogen-bond acceptors (Lipinski definition) is 2. The van der Waals surface area contributed by atoms with Gasteiger partial charge in [0.15, 0.2) is 0 Å².